The Bertz CT molecular complexity index is 731. The number of hydrogen-bond acceptors (Lipinski definition) is 3. The smallest absolute Gasteiger partial charge is 0.251 e. The molecule has 0 atom stereocenters. The van der Waals surface area contributed by atoms with Gasteiger partial charge in [-0.15, -0.1) is 0 Å². The fraction of sp³-hybridized carbons (Fsp3) is 0.467. The zero-order chi connectivity index (χ0) is 14.8. The second-order valence-electron chi connectivity index (χ2n) is 5.04. The molecule has 1 fully saturated rings. The predicted molar refractivity (Wildman–Crippen MR) is 79.6 cm³/mol. The van der Waals surface area contributed by atoms with Crippen LogP contribution in [0.4, 0.5) is 4.39 Å². The summed E-state index contributed by atoms with van der Waals surface area (Å²) < 4.78 is 22.0. The van der Waals surface area contributed by atoms with Gasteiger partial charge in [0.25, 0.3) is 5.91 Å². The first-order chi connectivity index (χ1) is 10.2. The molecule has 0 aliphatic heterocycles. The predicted octanol–water partition coefficient (Wildman–Crippen LogP) is 2.72. The number of fused-ring (bicyclic) bond motifs is 1. The summed E-state index contributed by atoms with van der Waals surface area (Å²) in [5, 5.41) is 0. The normalized spacial score (nSPS) is 15.8. The molecule has 1 aliphatic rings. The second kappa shape index (κ2) is 6.07. The van der Waals surface area contributed by atoms with E-state index in [0.717, 1.165) is 17.5 Å². The summed E-state index contributed by atoms with van der Waals surface area (Å²) in [4.78, 5) is 16.7. The largest absolute Gasteiger partial charge is 0.380 e. The molecule has 1 aliphatic carbocycles. The van der Waals surface area contributed by atoms with Gasteiger partial charge >= 0.3 is 0 Å². The molecule has 112 valence electrons. The van der Waals surface area contributed by atoms with Crippen molar-refractivity contribution in [3.8, 4) is 0 Å². The molecule has 6 heteroatoms. The average molecular weight is 308 g/mol. The van der Waals surface area contributed by atoms with Crippen LogP contribution in [0.1, 0.15) is 19.8 Å². The number of nitrogens with zero attached hydrogens (tertiary/aromatic N) is 2. The number of para-hydroxylation sites is 1. The highest BCUT2D eigenvalue weighted by molar-refractivity contribution is 7.16. The molecule has 21 heavy (non-hydrogen) atoms. The fourth-order valence-corrected chi connectivity index (χ4v) is 3.27. The van der Waals surface area contributed by atoms with Gasteiger partial charge in [0, 0.05) is 19.1 Å². The summed E-state index contributed by atoms with van der Waals surface area (Å²) in [5.41, 5.74) is 0.504. The van der Waals surface area contributed by atoms with Gasteiger partial charge in [-0.05, 0) is 31.9 Å². The minimum absolute atomic E-state index is 0.0698. The van der Waals surface area contributed by atoms with Gasteiger partial charge in [-0.1, -0.05) is 17.4 Å². The summed E-state index contributed by atoms with van der Waals surface area (Å²) in [6.07, 6.45) is 1.83. The van der Waals surface area contributed by atoms with Crippen molar-refractivity contribution in [2.75, 3.05) is 13.2 Å². The van der Waals surface area contributed by atoms with Crippen LogP contribution in [-0.4, -0.2) is 23.7 Å². The topological polar surface area (TPSA) is 43.6 Å². The van der Waals surface area contributed by atoms with E-state index in [0.29, 0.717) is 30.1 Å². The van der Waals surface area contributed by atoms with Crippen LogP contribution >= 0.6 is 11.3 Å². The van der Waals surface area contributed by atoms with E-state index >= 15 is 0 Å². The Hall–Kier alpha value is -1.53. The quantitative estimate of drug-likeness (QED) is 0.797. The van der Waals surface area contributed by atoms with Crippen LogP contribution in [0.2, 0.25) is 0 Å². The first-order valence-corrected chi connectivity index (χ1v) is 7.96. The Morgan fingerprint density at radius 1 is 1.52 bits per heavy atom. The molecule has 1 amide bonds. The monoisotopic (exact) mass is 308 g/mol. The van der Waals surface area contributed by atoms with Crippen molar-refractivity contribution in [3.05, 3.63) is 28.8 Å². The number of hydrogen-bond donors (Lipinski definition) is 0. The Labute approximate surface area is 125 Å². The van der Waals surface area contributed by atoms with E-state index in [2.05, 4.69) is 4.99 Å². The number of amides is 1. The highest BCUT2D eigenvalue weighted by Gasteiger charge is 2.29. The minimum Gasteiger partial charge on any atom is -0.380 e. The summed E-state index contributed by atoms with van der Waals surface area (Å²) in [6.45, 7) is 3.49. The maximum absolute atomic E-state index is 14.1. The zero-order valence-corrected chi connectivity index (χ0v) is 12.7. The number of thiazole rings is 1. The van der Waals surface area contributed by atoms with Crippen LogP contribution < -0.4 is 4.80 Å². The van der Waals surface area contributed by atoms with Crippen molar-refractivity contribution in [2.24, 2.45) is 10.9 Å². The minimum atomic E-state index is -0.291. The standard InChI is InChI=1S/C15H17FN2O2S/c1-2-20-9-8-18-13-11(16)4-3-5-12(13)21-15(18)17-14(19)10-6-7-10/h3-5,10H,2,6-9H2,1H3. The van der Waals surface area contributed by atoms with Crippen molar-refractivity contribution in [2.45, 2.75) is 26.3 Å². The van der Waals surface area contributed by atoms with Gasteiger partial charge in [0.15, 0.2) is 4.80 Å². The van der Waals surface area contributed by atoms with Crippen molar-refractivity contribution in [1.29, 1.82) is 0 Å². The lowest BCUT2D eigenvalue weighted by atomic mass is 10.3. The lowest BCUT2D eigenvalue weighted by Gasteiger charge is -2.05. The zero-order valence-electron chi connectivity index (χ0n) is 11.8. The van der Waals surface area contributed by atoms with Gasteiger partial charge in [-0.3, -0.25) is 4.79 Å². The molecule has 1 aromatic heterocycles. The Morgan fingerprint density at radius 2 is 2.33 bits per heavy atom. The third kappa shape index (κ3) is 3.06. The number of rotatable bonds is 5. The van der Waals surface area contributed by atoms with Crippen LogP contribution in [0.25, 0.3) is 10.2 Å². The number of carbonyl (C=O) groups excluding carboxylic acids is 1. The first kappa shape index (κ1) is 14.4. The van der Waals surface area contributed by atoms with Crippen LogP contribution in [0, 0.1) is 11.7 Å². The third-order valence-electron chi connectivity index (χ3n) is 3.45. The molecule has 1 aromatic carbocycles. The van der Waals surface area contributed by atoms with Gasteiger partial charge < -0.3 is 9.30 Å². The molecule has 0 radical (unpaired) electrons. The number of ether oxygens (including phenoxy) is 1. The maximum atomic E-state index is 14.1. The molecule has 4 nitrogen and oxygen atoms in total. The van der Waals surface area contributed by atoms with Crippen LogP contribution in [-0.2, 0) is 16.1 Å². The maximum Gasteiger partial charge on any atom is 0.251 e. The van der Waals surface area contributed by atoms with E-state index in [-0.39, 0.29) is 17.6 Å². The van der Waals surface area contributed by atoms with Crippen molar-refractivity contribution in [1.82, 2.24) is 4.57 Å². The molecule has 0 N–H and O–H groups in total. The number of halogens is 1. The lowest BCUT2D eigenvalue weighted by molar-refractivity contribution is -0.119. The molecule has 0 unspecified atom stereocenters. The number of benzene rings is 1. The molecule has 3 rings (SSSR count). The molecule has 1 heterocycles. The molecular weight excluding hydrogens is 291 g/mol. The van der Waals surface area contributed by atoms with Crippen LogP contribution in [0.3, 0.4) is 0 Å². The van der Waals surface area contributed by atoms with E-state index in [1.165, 1.54) is 17.4 Å². The average Bonchev–Trinajstić information content (AvgIpc) is 3.24. The highest BCUT2D eigenvalue weighted by Crippen LogP contribution is 2.30. The van der Waals surface area contributed by atoms with E-state index in [9.17, 15) is 9.18 Å². The lowest BCUT2D eigenvalue weighted by Crippen LogP contribution is -2.20. The highest BCUT2D eigenvalue weighted by atomic mass is 32.1. The molecule has 0 saturated heterocycles. The van der Waals surface area contributed by atoms with Crippen molar-refractivity contribution in [3.63, 3.8) is 0 Å². The van der Waals surface area contributed by atoms with Gasteiger partial charge in [0.2, 0.25) is 0 Å². The van der Waals surface area contributed by atoms with Crippen LogP contribution in [0.5, 0.6) is 0 Å². The summed E-state index contributed by atoms with van der Waals surface area (Å²) >= 11 is 1.35. The van der Waals surface area contributed by atoms with Crippen molar-refractivity contribution >= 4 is 27.5 Å². The SMILES string of the molecule is CCOCCn1c(=NC(=O)C2CC2)sc2cccc(F)c21. The van der Waals surface area contributed by atoms with Gasteiger partial charge in [-0.2, -0.15) is 4.99 Å². The molecular formula is C15H17FN2O2S. The van der Waals surface area contributed by atoms with Crippen molar-refractivity contribution < 1.29 is 13.9 Å². The van der Waals surface area contributed by atoms with E-state index in [4.69, 9.17) is 4.74 Å². The first-order valence-electron chi connectivity index (χ1n) is 7.15. The fourth-order valence-electron chi connectivity index (χ4n) is 2.20. The van der Waals surface area contributed by atoms with Gasteiger partial charge in [-0.25, -0.2) is 4.39 Å². The molecule has 0 bridgehead atoms. The summed E-state index contributed by atoms with van der Waals surface area (Å²) in [6, 6.07) is 4.95. The Morgan fingerprint density at radius 3 is 3.05 bits per heavy atom. The van der Waals surface area contributed by atoms with Crippen LogP contribution in [0.15, 0.2) is 23.2 Å². The molecule has 2 aromatic rings. The Kier molecular flexibility index (Phi) is 4.17. The van der Waals surface area contributed by atoms with Gasteiger partial charge in [0.1, 0.15) is 5.82 Å². The second-order valence-corrected chi connectivity index (χ2v) is 6.05. The molecule has 1 saturated carbocycles. The number of aromatic nitrogens is 1. The van der Waals surface area contributed by atoms with Gasteiger partial charge in [0.05, 0.1) is 16.8 Å². The van der Waals surface area contributed by atoms with E-state index in [1.54, 1.807) is 10.6 Å². The Balaban J connectivity index is 2.06. The summed E-state index contributed by atoms with van der Waals surface area (Å²) in [5.74, 6) is -0.312. The molecule has 0 spiro atoms. The number of carbonyl (C=O) groups is 1. The third-order valence-corrected chi connectivity index (χ3v) is 4.49. The summed E-state index contributed by atoms with van der Waals surface area (Å²) in [7, 11) is 0. The van der Waals surface area contributed by atoms with E-state index < -0.39 is 0 Å². The van der Waals surface area contributed by atoms with E-state index in [1.807, 2.05) is 13.0 Å².